The fourth-order valence-corrected chi connectivity index (χ4v) is 3.87. The topological polar surface area (TPSA) is 118 Å². The first-order chi connectivity index (χ1) is 16.5. The number of thiazole rings is 1. The van der Waals surface area contributed by atoms with Crippen molar-refractivity contribution in [1.82, 2.24) is 15.0 Å². The van der Waals surface area contributed by atoms with Crippen LogP contribution >= 0.6 is 11.3 Å². The van der Waals surface area contributed by atoms with Crippen LogP contribution in [0.5, 0.6) is 11.8 Å². The van der Waals surface area contributed by atoms with E-state index in [1.54, 1.807) is 35.6 Å². The van der Waals surface area contributed by atoms with Crippen molar-refractivity contribution in [3.05, 3.63) is 72.7 Å². The number of hydrogen-bond acceptors (Lipinski definition) is 8. The van der Waals surface area contributed by atoms with E-state index in [-0.39, 0.29) is 11.8 Å². The van der Waals surface area contributed by atoms with E-state index in [2.05, 4.69) is 30.9 Å². The van der Waals surface area contributed by atoms with Gasteiger partial charge < -0.3 is 20.7 Å². The number of ether oxygens (including phenoxy) is 1. The second kappa shape index (κ2) is 10.5. The van der Waals surface area contributed by atoms with Gasteiger partial charge in [-0.1, -0.05) is 23.5 Å². The zero-order chi connectivity index (χ0) is 23.9. The lowest BCUT2D eigenvalue weighted by atomic mass is 10.1. The summed E-state index contributed by atoms with van der Waals surface area (Å²) in [6.07, 6.45) is 4.73. The third-order valence-corrected chi connectivity index (χ3v) is 5.60. The SMILES string of the molecule is CCNc1ncc(-c2ccc(Oc3ncc(NC(=O)Nc4cccc(C(C)=O)c4)cn3)cc2)s1. The summed E-state index contributed by atoms with van der Waals surface area (Å²) in [5, 5.41) is 9.40. The molecule has 9 nitrogen and oxygen atoms in total. The van der Waals surface area contributed by atoms with Gasteiger partial charge in [0.15, 0.2) is 10.9 Å². The molecule has 0 bridgehead atoms. The second-order valence-electron chi connectivity index (χ2n) is 7.16. The largest absolute Gasteiger partial charge is 0.424 e. The van der Waals surface area contributed by atoms with E-state index in [4.69, 9.17) is 4.74 Å². The lowest BCUT2D eigenvalue weighted by molar-refractivity contribution is 0.101. The van der Waals surface area contributed by atoms with Crippen LogP contribution in [0.2, 0.25) is 0 Å². The zero-order valence-corrected chi connectivity index (χ0v) is 19.3. The summed E-state index contributed by atoms with van der Waals surface area (Å²) in [5.41, 5.74) is 2.45. The molecule has 2 aromatic heterocycles. The molecule has 0 saturated heterocycles. The molecule has 0 unspecified atom stereocenters. The Labute approximate surface area is 200 Å². The Kier molecular flexibility index (Phi) is 7.09. The van der Waals surface area contributed by atoms with Crippen molar-refractivity contribution in [2.45, 2.75) is 13.8 Å². The number of aromatic nitrogens is 3. The molecule has 2 heterocycles. The van der Waals surface area contributed by atoms with E-state index in [0.717, 1.165) is 22.1 Å². The molecule has 0 atom stereocenters. The van der Waals surface area contributed by atoms with Gasteiger partial charge in [0, 0.05) is 24.0 Å². The highest BCUT2D eigenvalue weighted by atomic mass is 32.1. The molecule has 34 heavy (non-hydrogen) atoms. The van der Waals surface area contributed by atoms with Crippen molar-refractivity contribution in [3.8, 4) is 22.2 Å². The molecule has 4 rings (SSSR count). The van der Waals surface area contributed by atoms with Crippen LogP contribution in [-0.4, -0.2) is 33.3 Å². The number of rotatable bonds is 8. The van der Waals surface area contributed by atoms with Gasteiger partial charge in [0.1, 0.15) is 5.75 Å². The Hall–Kier alpha value is -4.31. The van der Waals surface area contributed by atoms with Crippen LogP contribution in [0.25, 0.3) is 10.4 Å². The maximum atomic E-state index is 12.2. The number of hydrogen-bond donors (Lipinski definition) is 3. The molecule has 0 radical (unpaired) electrons. The molecule has 4 aromatic rings. The Morgan fingerprint density at radius 1 is 0.941 bits per heavy atom. The van der Waals surface area contributed by atoms with Gasteiger partial charge in [-0.15, -0.1) is 0 Å². The third-order valence-electron chi connectivity index (χ3n) is 4.59. The number of carbonyl (C=O) groups is 2. The van der Waals surface area contributed by atoms with Crippen LogP contribution in [-0.2, 0) is 0 Å². The number of carbonyl (C=O) groups excluding carboxylic acids is 2. The van der Waals surface area contributed by atoms with Crippen LogP contribution in [0.15, 0.2) is 67.1 Å². The van der Waals surface area contributed by atoms with Crippen molar-refractivity contribution in [2.75, 3.05) is 22.5 Å². The highest BCUT2D eigenvalue weighted by Gasteiger charge is 2.08. The van der Waals surface area contributed by atoms with Gasteiger partial charge in [0.2, 0.25) is 0 Å². The Morgan fingerprint density at radius 2 is 1.68 bits per heavy atom. The highest BCUT2D eigenvalue weighted by molar-refractivity contribution is 7.18. The number of nitrogens with zero attached hydrogens (tertiary/aromatic N) is 3. The molecule has 0 aliphatic rings. The summed E-state index contributed by atoms with van der Waals surface area (Å²) >= 11 is 1.59. The summed E-state index contributed by atoms with van der Waals surface area (Å²) in [6.45, 7) is 4.33. The summed E-state index contributed by atoms with van der Waals surface area (Å²) in [5.74, 6) is 0.508. The lowest BCUT2D eigenvalue weighted by Crippen LogP contribution is -2.19. The summed E-state index contributed by atoms with van der Waals surface area (Å²) in [4.78, 5) is 37.4. The minimum atomic E-state index is -0.478. The summed E-state index contributed by atoms with van der Waals surface area (Å²) < 4.78 is 5.70. The highest BCUT2D eigenvalue weighted by Crippen LogP contribution is 2.30. The standard InChI is InChI=1S/C24H22N6O3S/c1-3-25-24-28-14-21(34-24)16-7-9-20(10-8-16)33-23-26-12-19(13-27-23)30-22(32)29-18-6-4-5-17(11-18)15(2)31/h4-14H,3H2,1-2H3,(H,25,28)(H2,29,30,32). The first-order valence-corrected chi connectivity index (χ1v) is 11.3. The van der Waals surface area contributed by atoms with E-state index in [1.165, 1.54) is 19.3 Å². The van der Waals surface area contributed by atoms with Gasteiger partial charge in [0.25, 0.3) is 0 Å². The molecular formula is C24H22N6O3S. The molecule has 2 aromatic carbocycles. The number of benzene rings is 2. The van der Waals surface area contributed by atoms with Gasteiger partial charge >= 0.3 is 12.0 Å². The van der Waals surface area contributed by atoms with Gasteiger partial charge in [-0.2, -0.15) is 0 Å². The van der Waals surface area contributed by atoms with E-state index in [1.807, 2.05) is 37.4 Å². The number of Topliss-reactive ketones (excluding diaryl/α,β-unsaturated/α-hetero) is 1. The average Bonchev–Trinajstić information content (AvgIpc) is 3.30. The van der Waals surface area contributed by atoms with Crippen LogP contribution < -0.4 is 20.7 Å². The van der Waals surface area contributed by atoms with Crippen LogP contribution in [0.4, 0.5) is 21.3 Å². The quantitative estimate of drug-likeness (QED) is 0.282. The maximum Gasteiger partial charge on any atom is 0.323 e. The van der Waals surface area contributed by atoms with E-state index >= 15 is 0 Å². The van der Waals surface area contributed by atoms with Gasteiger partial charge in [0.05, 0.1) is 23.0 Å². The monoisotopic (exact) mass is 474 g/mol. The minimum absolute atomic E-state index is 0.0790. The molecule has 0 saturated carbocycles. The van der Waals surface area contributed by atoms with Crippen LogP contribution in [0, 0.1) is 0 Å². The van der Waals surface area contributed by atoms with Crippen molar-refractivity contribution < 1.29 is 14.3 Å². The van der Waals surface area contributed by atoms with Gasteiger partial charge in [-0.3, -0.25) is 4.79 Å². The zero-order valence-electron chi connectivity index (χ0n) is 18.5. The lowest BCUT2D eigenvalue weighted by Gasteiger charge is -2.09. The first kappa shape index (κ1) is 22.9. The fraction of sp³-hybridized carbons (Fsp3) is 0.125. The van der Waals surface area contributed by atoms with E-state index in [0.29, 0.717) is 22.7 Å². The number of ketones is 1. The summed E-state index contributed by atoms with van der Waals surface area (Å²) in [7, 11) is 0. The van der Waals surface area contributed by atoms with Crippen LogP contribution in [0.3, 0.4) is 0 Å². The van der Waals surface area contributed by atoms with E-state index in [9.17, 15) is 9.59 Å². The first-order valence-electron chi connectivity index (χ1n) is 10.5. The average molecular weight is 475 g/mol. The Bertz CT molecular complexity index is 1290. The molecular weight excluding hydrogens is 452 g/mol. The van der Waals surface area contributed by atoms with E-state index < -0.39 is 6.03 Å². The Balaban J connectivity index is 1.33. The molecule has 0 fully saturated rings. The second-order valence-corrected chi connectivity index (χ2v) is 8.19. The van der Waals surface area contributed by atoms with Gasteiger partial charge in [-0.05, 0) is 55.8 Å². The molecule has 2 amide bonds. The molecule has 0 aliphatic heterocycles. The Morgan fingerprint density at radius 3 is 2.38 bits per heavy atom. The number of urea groups is 1. The number of anilines is 3. The molecule has 172 valence electrons. The van der Waals surface area contributed by atoms with Crippen LogP contribution in [0.1, 0.15) is 24.2 Å². The molecule has 10 heteroatoms. The predicted octanol–water partition coefficient (Wildman–Crippen LogP) is 5.67. The van der Waals surface area contributed by atoms with Crippen molar-refractivity contribution in [1.29, 1.82) is 0 Å². The smallest absolute Gasteiger partial charge is 0.323 e. The normalized spacial score (nSPS) is 10.4. The maximum absolute atomic E-state index is 12.2. The third kappa shape index (κ3) is 5.93. The molecule has 0 aliphatic carbocycles. The number of amides is 2. The fourth-order valence-electron chi connectivity index (χ4n) is 2.98. The van der Waals surface area contributed by atoms with Crippen molar-refractivity contribution >= 4 is 39.7 Å². The van der Waals surface area contributed by atoms with Crippen molar-refractivity contribution in [3.63, 3.8) is 0 Å². The minimum Gasteiger partial charge on any atom is -0.424 e. The predicted molar refractivity (Wildman–Crippen MR) is 133 cm³/mol. The molecule has 0 spiro atoms. The summed E-state index contributed by atoms with van der Waals surface area (Å²) in [6, 6.07) is 13.9. The number of nitrogens with one attached hydrogen (secondary N) is 3. The van der Waals surface area contributed by atoms with Crippen molar-refractivity contribution in [2.24, 2.45) is 0 Å². The van der Waals surface area contributed by atoms with Gasteiger partial charge in [-0.25, -0.2) is 19.7 Å². The molecule has 3 N–H and O–H groups in total.